The predicted octanol–water partition coefficient (Wildman–Crippen LogP) is 8.89. The van der Waals surface area contributed by atoms with Crippen molar-refractivity contribution in [3.63, 3.8) is 0 Å². The number of amides is 8. The Hall–Kier alpha value is -9.94. The number of hydrogen-bond donors (Lipinski definition) is 8. The number of likely N-dealkylation sites (N-methyl/N-ethyl adjacent to an activating group) is 2. The fourth-order valence-corrected chi connectivity index (χ4v) is 16.6. The molecule has 4 aliphatic heterocycles. The maximum Gasteiger partial charge on any atom is 0.246 e. The largest absolute Gasteiger partial charge is 0.356 e. The Bertz CT molecular complexity index is 3740. The molecule has 4 saturated heterocycles. The van der Waals surface area contributed by atoms with E-state index in [4.69, 9.17) is 0 Å². The molecule has 4 fully saturated rings. The van der Waals surface area contributed by atoms with Crippen LogP contribution in [-0.2, 0) is 77.1 Å². The molecular weight excluding hydrogens is 1390 g/mol. The van der Waals surface area contributed by atoms with Gasteiger partial charge in [-0.25, -0.2) is 0 Å². The van der Waals surface area contributed by atoms with Crippen LogP contribution in [0.25, 0.3) is 0 Å². The normalized spacial score (nSPS) is 20.3. The van der Waals surface area contributed by atoms with Crippen LogP contribution in [0.2, 0.25) is 0 Å². The molecule has 4 aliphatic rings. The van der Waals surface area contributed by atoms with Crippen molar-refractivity contribution < 1.29 is 38.4 Å². The van der Waals surface area contributed by atoms with Gasteiger partial charge in [0.05, 0.1) is 35.6 Å². The summed E-state index contributed by atoms with van der Waals surface area (Å²) in [6.45, 7) is 5.80. The zero-order valence-electron chi connectivity index (χ0n) is 64.6. The number of fused-ring (bicyclic) bond motifs is 2. The van der Waals surface area contributed by atoms with Crippen LogP contribution in [-0.4, -0.2) is 163 Å². The van der Waals surface area contributed by atoms with Gasteiger partial charge in [0.15, 0.2) is 0 Å². The Morgan fingerprint density at radius 2 is 0.773 bits per heavy atom. The number of nitrogens with one attached hydrogen (secondary N) is 8. The first-order valence-corrected chi connectivity index (χ1v) is 40.5. The fraction of sp³-hybridized carbons (Fsp3) is 0.512. The number of hydrogen-bond acceptors (Lipinski definition) is 14. The number of unbranched alkanes of at least 4 members (excludes halogenated alkanes) is 4. The average molecular weight is 1500 g/mol. The smallest absolute Gasteiger partial charge is 0.246 e. The van der Waals surface area contributed by atoms with Crippen LogP contribution in [0.3, 0.4) is 0 Å². The van der Waals surface area contributed by atoms with E-state index in [1.165, 1.54) is 11.1 Å². The highest BCUT2D eigenvalue weighted by atomic mass is 16.2. The summed E-state index contributed by atoms with van der Waals surface area (Å²) in [7, 11) is 3.44. The molecule has 6 heterocycles. The summed E-state index contributed by atoms with van der Waals surface area (Å²) in [5.74, 6) is -2.55. The predicted molar refractivity (Wildman–Crippen MR) is 422 cm³/mol. The number of aryl methyl sites for hydroxylation is 6. The number of nitrogens with zero attached hydrogens (tertiary/aromatic N) is 8. The summed E-state index contributed by atoms with van der Waals surface area (Å²) in [5, 5.41) is 42.6. The van der Waals surface area contributed by atoms with E-state index in [9.17, 15) is 38.4 Å². The molecule has 7 aromatic rings. The number of carbonyl (C=O) groups is 8. The molecule has 0 bridgehead atoms. The Morgan fingerprint density at radius 1 is 0.427 bits per heavy atom. The van der Waals surface area contributed by atoms with Crippen molar-refractivity contribution in [1.29, 1.82) is 0 Å². The number of carbonyl (C=O) groups excluding carboxylic acids is 8. The lowest BCUT2D eigenvalue weighted by atomic mass is 9.92. The van der Waals surface area contributed by atoms with Crippen molar-refractivity contribution in [1.82, 2.24) is 82.3 Å². The van der Waals surface area contributed by atoms with Crippen molar-refractivity contribution in [3.8, 4) is 0 Å². The minimum absolute atomic E-state index is 0.112. The van der Waals surface area contributed by atoms with Crippen LogP contribution in [0.1, 0.15) is 199 Å². The van der Waals surface area contributed by atoms with Gasteiger partial charge in [-0.3, -0.25) is 47.7 Å². The molecule has 10 unspecified atom stereocenters. The maximum absolute atomic E-state index is 14.8. The highest BCUT2D eigenvalue weighted by molar-refractivity contribution is 5.96. The zero-order chi connectivity index (χ0) is 77.1. The second kappa shape index (κ2) is 41.2. The van der Waals surface area contributed by atoms with Crippen molar-refractivity contribution >= 4 is 47.3 Å². The Kier molecular flexibility index (Phi) is 30.4. The topological polar surface area (TPSA) is 301 Å². The molecule has 110 heavy (non-hydrogen) atoms. The quantitative estimate of drug-likeness (QED) is 0.0166. The average Bonchev–Trinajstić information content (AvgIpc) is 1.63. The van der Waals surface area contributed by atoms with Gasteiger partial charge >= 0.3 is 0 Å². The maximum atomic E-state index is 14.8. The van der Waals surface area contributed by atoms with Gasteiger partial charge in [0, 0.05) is 75.3 Å². The van der Waals surface area contributed by atoms with Gasteiger partial charge in [0.2, 0.25) is 47.3 Å². The van der Waals surface area contributed by atoms with E-state index in [1.54, 1.807) is 23.9 Å². The number of benzene rings is 5. The van der Waals surface area contributed by atoms with E-state index in [0.29, 0.717) is 103 Å². The summed E-state index contributed by atoms with van der Waals surface area (Å²) in [5.41, 5.74) is 8.13. The summed E-state index contributed by atoms with van der Waals surface area (Å²) < 4.78 is 3.81. The highest BCUT2D eigenvalue weighted by Gasteiger charge is 2.50. The standard InChI is InChI=1S/C86H114N16O8/c1-5-71(87-3)81(105)93-79-65(45-47-69-49-51-73(101(69)85(79)109)83(107)91-77(61-29-11-7-12-30-61)62-31-13-8-14-32-62)55-89-75(103)39-21-19-37-67-57-99(97-95-67)53-25-23-27-59-41-43-60(44-42-59)28-24-26-54-100-58-68(96-98-100)38-20-22-40-76(104)90-56-66-46-48-70-50-52-74(102(70)86(110)80(66)94-82(106)72(6-2)88-4)84(108)92-78(63-33-15-9-16-34-63)64-35-17-10-18-36-64/h7-18,29-36,41-44,57-58,65-66,69-74,77-80,87-88H,5-6,19-28,37-40,45-56H2,1-4H3,(H,89,103)(H,90,104)(H,91,107)(H,92,108)(H,93,105)(H,94,106). The summed E-state index contributed by atoms with van der Waals surface area (Å²) >= 11 is 0. The van der Waals surface area contributed by atoms with Crippen molar-refractivity contribution in [3.05, 3.63) is 203 Å². The van der Waals surface area contributed by atoms with E-state index in [2.05, 4.69) is 87.4 Å². The van der Waals surface area contributed by atoms with Crippen molar-refractivity contribution in [2.24, 2.45) is 11.8 Å². The third-order valence-corrected chi connectivity index (χ3v) is 22.9. The second-order valence-electron chi connectivity index (χ2n) is 30.4. The minimum Gasteiger partial charge on any atom is -0.356 e. The first-order valence-electron chi connectivity index (χ1n) is 40.5. The molecule has 8 amide bonds. The van der Waals surface area contributed by atoms with Crippen LogP contribution in [0.15, 0.2) is 158 Å². The number of aromatic nitrogens is 6. The highest BCUT2D eigenvalue weighted by Crippen LogP contribution is 2.37. The molecule has 2 aromatic heterocycles. The van der Waals surface area contributed by atoms with Crippen LogP contribution in [0.5, 0.6) is 0 Å². The van der Waals surface area contributed by atoms with Gasteiger partial charge in [-0.1, -0.05) is 170 Å². The van der Waals surface area contributed by atoms with Crippen molar-refractivity contribution in [2.45, 2.75) is 241 Å². The van der Waals surface area contributed by atoms with Crippen LogP contribution < -0.4 is 42.5 Å². The molecule has 11 rings (SSSR count). The van der Waals surface area contributed by atoms with Crippen LogP contribution in [0.4, 0.5) is 0 Å². The van der Waals surface area contributed by atoms with Gasteiger partial charge in [0.1, 0.15) is 24.2 Å². The first-order chi connectivity index (χ1) is 53.7. The van der Waals surface area contributed by atoms with Crippen molar-refractivity contribution in [2.75, 3.05) is 27.2 Å². The van der Waals surface area contributed by atoms with E-state index >= 15 is 0 Å². The molecular formula is C86H114N16O8. The van der Waals surface area contributed by atoms with Crippen LogP contribution in [0, 0.1) is 11.8 Å². The SMILES string of the molecule is CCC(NC)C(=O)NC1C(=O)N2C(CCC1CNC(=O)CCCCc1cn(CCCCc3ccc(CCCCn4cc(CCCCC(=O)NCC5CCC6CCC(C(=O)NC(c7ccccc7)c7ccccc7)N6C(=O)C5NC(=O)C(CC)NC)nn4)cc3)nn1)CCC2C(=O)NC(c1ccccc1)c1ccccc1. The molecule has 24 heteroatoms. The molecule has 0 radical (unpaired) electrons. The Labute approximate surface area is 648 Å². The summed E-state index contributed by atoms with van der Waals surface area (Å²) in [6.07, 6.45) is 20.7. The lowest BCUT2D eigenvalue weighted by Gasteiger charge is -2.33. The molecule has 8 N–H and O–H groups in total. The zero-order valence-corrected chi connectivity index (χ0v) is 64.6. The van der Waals surface area contributed by atoms with Gasteiger partial charge in [-0.2, -0.15) is 0 Å². The van der Waals surface area contributed by atoms with E-state index in [1.807, 2.05) is 157 Å². The van der Waals surface area contributed by atoms with Gasteiger partial charge in [0.25, 0.3) is 0 Å². The third kappa shape index (κ3) is 22.2. The Balaban J connectivity index is 0.547. The lowest BCUT2D eigenvalue weighted by molar-refractivity contribution is -0.143. The molecule has 10 atom stereocenters. The molecule has 0 saturated carbocycles. The summed E-state index contributed by atoms with van der Waals surface area (Å²) in [6, 6.07) is 42.8. The molecule has 586 valence electrons. The van der Waals surface area contributed by atoms with E-state index < -0.39 is 48.3 Å². The lowest BCUT2D eigenvalue weighted by Crippen LogP contribution is -2.59. The van der Waals surface area contributed by atoms with E-state index in [0.717, 1.165) is 98.1 Å². The molecule has 0 aliphatic carbocycles. The minimum atomic E-state index is -0.916. The van der Waals surface area contributed by atoms with Gasteiger partial charge < -0.3 is 52.3 Å². The monoisotopic (exact) mass is 1500 g/mol. The molecule has 24 nitrogen and oxygen atoms in total. The van der Waals surface area contributed by atoms with Gasteiger partial charge in [-0.15, -0.1) is 10.2 Å². The molecule has 5 aromatic carbocycles. The fourth-order valence-electron chi connectivity index (χ4n) is 16.6. The number of rotatable bonds is 40. The first kappa shape index (κ1) is 81.1. The van der Waals surface area contributed by atoms with E-state index in [-0.39, 0.29) is 84.3 Å². The summed E-state index contributed by atoms with van der Waals surface area (Å²) in [4.78, 5) is 116. The second-order valence-corrected chi connectivity index (χ2v) is 30.4. The Morgan fingerprint density at radius 3 is 1.12 bits per heavy atom. The third-order valence-electron chi connectivity index (χ3n) is 22.9. The van der Waals surface area contributed by atoms with Crippen LogP contribution >= 0.6 is 0 Å². The van der Waals surface area contributed by atoms with Gasteiger partial charge in [-0.05, 0) is 189 Å². The molecule has 0 spiro atoms.